The molecule has 1 amide bonds. The SMILES string of the molecule is Cc1ccc(CCNc2cncc(C(N)=O)n2)cn1. The fraction of sp³-hybridized carbons (Fsp3) is 0.231. The minimum atomic E-state index is -0.584. The number of primary amides is 1. The summed E-state index contributed by atoms with van der Waals surface area (Å²) in [6, 6.07) is 4.01. The molecule has 0 aliphatic rings. The monoisotopic (exact) mass is 257 g/mol. The highest BCUT2D eigenvalue weighted by Gasteiger charge is 2.03. The molecule has 0 aliphatic heterocycles. The average molecular weight is 257 g/mol. The van der Waals surface area contributed by atoms with Crippen LogP contribution in [-0.2, 0) is 6.42 Å². The minimum Gasteiger partial charge on any atom is -0.368 e. The van der Waals surface area contributed by atoms with Crippen molar-refractivity contribution in [3.63, 3.8) is 0 Å². The number of amides is 1. The van der Waals surface area contributed by atoms with E-state index in [4.69, 9.17) is 5.73 Å². The van der Waals surface area contributed by atoms with Crippen LogP contribution in [0.4, 0.5) is 5.82 Å². The number of nitrogens with zero attached hydrogens (tertiary/aromatic N) is 3. The van der Waals surface area contributed by atoms with Gasteiger partial charge in [-0.1, -0.05) is 6.07 Å². The molecule has 0 atom stereocenters. The smallest absolute Gasteiger partial charge is 0.268 e. The Hall–Kier alpha value is -2.50. The molecule has 98 valence electrons. The van der Waals surface area contributed by atoms with E-state index >= 15 is 0 Å². The van der Waals surface area contributed by atoms with Gasteiger partial charge in [0.15, 0.2) is 0 Å². The topological polar surface area (TPSA) is 93.8 Å². The Bertz CT molecular complexity index is 568. The molecule has 2 aromatic heterocycles. The van der Waals surface area contributed by atoms with E-state index in [0.29, 0.717) is 12.4 Å². The van der Waals surface area contributed by atoms with Crippen LogP contribution in [0.2, 0.25) is 0 Å². The number of carbonyl (C=O) groups is 1. The number of anilines is 1. The summed E-state index contributed by atoms with van der Waals surface area (Å²) in [7, 11) is 0. The second-order valence-corrected chi connectivity index (χ2v) is 4.14. The van der Waals surface area contributed by atoms with Crippen molar-refractivity contribution in [2.45, 2.75) is 13.3 Å². The Morgan fingerprint density at radius 2 is 2.16 bits per heavy atom. The Kier molecular flexibility index (Phi) is 4.02. The van der Waals surface area contributed by atoms with Gasteiger partial charge in [0.2, 0.25) is 0 Å². The van der Waals surface area contributed by atoms with E-state index in [1.165, 1.54) is 6.20 Å². The minimum absolute atomic E-state index is 0.155. The van der Waals surface area contributed by atoms with Crippen LogP contribution in [0.25, 0.3) is 0 Å². The number of pyridine rings is 1. The van der Waals surface area contributed by atoms with Crippen molar-refractivity contribution in [3.8, 4) is 0 Å². The number of rotatable bonds is 5. The fourth-order valence-electron chi connectivity index (χ4n) is 1.55. The van der Waals surface area contributed by atoms with Gasteiger partial charge in [-0.2, -0.15) is 0 Å². The van der Waals surface area contributed by atoms with E-state index in [1.54, 1.807) is 6.20 Å². The van der Waals surface area contributed by atoms with Crippen molar-refractivity contribution in [1.29, 1.82) is 0 Å². The maximum absolute atomic E-state index is 11.0. The Morgan fingerprint density at radius 3 is 2.84 bits per heavy atom. The highest BCUT2D eigenvalue weighted by Crippen LogP contribution is 2.04. The van der Waals surface area contributed by atoms with Gasteiger partial charge in [0, 0.05) is 18.4 Å². The van der Waals surface area contributed by atoms with Crippen molar-refractivity contribution in [2.24, 2.45) is 5.73 Å². The second-order valence-electron chi connectivity index (χ2n) is 4.14. The van der Waals surface area contributed by atoms with E-state index in [9.17, 15) is 4.79 Å². The zero-order valence-corrected chi connectivity index (χ0v) is 10.6. The molecule has 3 N–H and O–H groups in total. The van der Waals surface area contributed by atoms with Crippen molar-refractivity contribution >= 4 is 11.7 Å². The third-order valence-corrected chi connectivity index (χ3v) is 2.58. The number of nitrogens with two attached hydrogens (primary N) is 1. The molecule has 2 heterocycles. The standard InChI is InChI=1S/C13H15N5O/c1-9-2-3-10(6-17-9)4-5-16-12-8-15-7-11(18-12)13(14)19/h2-3,6-8H,4-5H2,1H3,(H2,14,19)(H,16,18). The van der Waals surface area contributed by atoms with Gasteiger partial charge in [-0.15, -0.1) is 0 Å². The van der Waals surface area contributed by atoms with Crippen LogP contribution in [0.5, 0.6) is 0 Å². The summed E-state index contributed by atoms with van der Waals surface area (Å²) in [5, 5.41) is 3.09. The van der Waals surface area contributed by atoms with Crippen LogP contribution < -0.4 is 11.1 Å². The summed E-state index contributed by atoms with van der Waals surface area (Å²) in [5.41, 5.74) is 7.43. The quantitative estimate of drug-likeness (QED) is 0.831. The second kappa shape index (κ2) is 5.90. The first kappa shape index (κ1) is 12.9. The highest BCUT2D eigenvalue weighted by atomic mass is 16.1. The van der Waals surface area contributed by atoms with Gasteiger partial charge in [-0.05, 0) is 25.0 Å². The van der Waals surface area contributed by atoms with Gasteiger partial charge in [0.05, 0.1) is 12.4 Å². The first-order valence-electron chi connectivity index (χ1n) is 5.92. The van der Waals surface area contributed by atoms with Crippen molar-refractivity contribution in [2.75, 3.05) is 11.9 Å². The molecule has 2 aromatic rings. The molecule has 2 rings (SSSR count). The van der Waals surface area contributed by atoms with Gasteiger partial charge in [-0.3, -0.25) is 14.8 Å². The number of aryl methyl sites for hydroxylation is 1. The van der Waals surface area contributed by atoms with Crippen molar-refractivity contribution in [3.05, 3.63) is 47.7 Å². The first-order valence-corrected chi connectivity index (χ1v) is 5.92. The summed E-state index contributed by atoms with van der Waals surface area (Å²) in [5.74, 6) is -0.0461. The summed E-state index contributed by atoms with van der Waals surface area (Å²) in [6.07, 6.45) is 5.56. The molecule has 0 unspecified atom stereocenters. The maximum Gasteiger partial charge on any atom is 0.268 e. The molecule has 6 heteroatoms. The van der Waals surface area contributed by atoms with Crippen LogP contribution >= 0.6 is 0 Å². The third kappa shape index (κ3) is 3.74. The van der Waals surface area contributed by atoms with Gasteiger partial charge >= 0.3 is 0 Å². The summed E-state index contributed by atoms with van der Waals surface area (Å²) < 4.78 is 0. The normalized spacial score (nSPS) is 10.2. The van der Waals surface area contributed by atoms with Crippen molar-refractivity contribution in [1.82, 2.24) is 15.0 Å². The van der Waals surface area contributed by atoms with Gasteiger partial charge < -0.3 is 11.1 Å². The van der Waals surface area contributed by atoms with E-state index in [-0.39, 0.29) is 5.69 Å². The number of aromatic nitrogens is 3. The molecule has 0 aromatic carbocycles. The number of hydrogen-bond donors (Lipinski definition) is 2. The average Bonchev–Trinajstić information content (AvgIpc) is 2.41. The Balaban J connectivity index is 1.90. The fourth-order valence-corrected chi connectivity index (χ4v) is 1.55. The largest absolute Gasteiger partial charge is 0.368 e. The predicted molar refractivity (Wildman–Crippen MR) is 71.7 cm³/mol. The number of nitrogens with one attached hydrogen (secondary N) is 1. The lowest BCUT2D eigenvalue weighted by Gasteiger charge is -2.06. The predicted octanol–water partition coefficient (Wildman–Crippen LogP) is 0.934. The van der Waals surface area contributed by atoms with Gasteiger partial charge in [-0.25, -0.2) is 4.98 Å². The van der Waals surface area contributed by atoms with Crippen molar-refractivity contribution < 1.29 is 4.79 Å². The van der Waals surface area contributed by atoms with Crippen LogP contribution in [0.3, 0.4) is 0 Å². The highest BCUT2D eigenvalue weighted by molar-refractivity contribution is 5.90. The lowest BCUT2D eigenvalue weighted by Crippen LogP contribution is -2.15. The summed E-state index contributed by atoms with van der Waals surface area (Å²) in [6.45, 7) is 2.63. The summed E-state index contributed by atoms with van der Waals surface area (Å²) >= 11 is 0. The molecule has 0 fully saturated rings. The molecule has 19 heavy (non-hydrogen) atoms. The Labute approximate surface area is 111 Å². The van der Waals surface area contributed by atoms with Gasteiger partial charge in [0.25, 0.3) is 5.91 Å². The molecular weight excluding hydrogens is 242 g/mol. The van der Waals surface area contributed by atoms with Crippen LogP contribution in [0.15, 0.2) is 30.7 Å². The zero-order valence-electron chi connectivity index (χ0n) is 10.6. The number of carbonyl (C=O) groups excluding carboxylic acids is 1. The summed E-state index contributed by atoms with van der Waals surface area (Å²) in [4.78, 5) is 23.1. The Morgan fingerprint density at radius 1 is 1.32 bits per heavy atom. The molecular formula is C13H15N5O. The van der Waals surface area contributed by atoms with E-state index in [1.807, 2.05) is 25.3 Å². The first-order chi connectivity index (χ1) is 9.15. The van der Waals surface area contributed by atoms with E-state index < -0.39 is 5.91 Å². The molecule has 0 saturated heterocycles. The molecule has 0 bridgehead atoms. The molecule has 0 aliphatic carbocycles. The molecule has 6 nitrogen and oxygen atoms in total. The van der Waals surface area contributed by atoms with Crippen LogP contribution in [0.1, 0.15) is 21.7 Å². The van der Waals surface area contributed by atoms with Crippen LogP contribution in [0, 0.1) is 6.92 Å². The maximum atomic E-state index is 11.0. The van der Waals surface area contributed by atoms with Crippen LogP contribution in [-0.4, -0.2) is 27.4 Å². The lowest BCUT2D eigenvalue weighted by atomic mass is 10.2. The third-order valence-electron chi connectivity index (χ3n) is 2.58. The zero-order chi connectivity index (χ0) is 13.7. The number of hydrogen-bond acceptors (Lipinski definition) is 5. The van der Waals surface area contributed by atoms with Gasteiger partial charge in [0.1, 0.15) is 11.5 Å². The lowest BCUT2D eigenvalue weighted by molar-refractivity contribution is 0.0995. The molecule has 0 spiro atoms. The van der Waals surface area contributed by atoms with E-state index in [2.05, 4.69) is 20.3 Å². The van der Waals surface area contributed by atoms with E-state index in [0.717, 1.165) is 17.7 Å². The molecule has 0 radical (unpaired) electrons. The molecule has 0 saturated carbocycles.